The van der Waals surface area contributed by atoms with Gasteiger partial charge in [0.2, 0.25) is 5.91 Å². The molecular formula is C27H36N4O5S. The first kappa shape index (κ1) is 29.7. The zero-order valence-electron chi connectivity index (χ0n) is 21.6. The topological polar surface area (TPSA) is 115 Å². The van der Waals surface area contributed by atoms with E-state index >= 15 is 0 Å². The lowest BCUT2D eigenvalue weighted by Gasteiger charge is -2.10. The monoisotopic (exact) mass is 528 g/mol. The molecule has 2 rings (SSSR count). The molecule has 0 aromatic heterocycles. The van der Waals surface area contributed by atoms with E-state index in [0.717, 1.165) is 61.3 Å². The number of nitrogens with zero attached hydrogens (tertiary/aromatic N) is 1. The summed E-state index contributed by atoms with van der Waals surface area (Å²) in [5, 5.41) is 20.4. The second kappa shape index (κ2) is 17.0. The number of rotatable bonds is 17. The Morgan fingerprint density at radius 3 is 2.43 bits per heavy atom. The highest BCUT2D eigenvalue weighted by Gasteiger charge is 2.05. The van der Waals surface area contributed by atoms with E-state index < -0.39 is 4.92 Å². The van der Waals surface area contributed by atoms with Gasteiger partial charge in [-0.2, -0.15) is 0 Å². The number of amides is 1. The van der Waals surface area contributed by atoms with Crippen LogP contribution in [0.15, 0.2) is 59.8 Å². The average molecular weight is 529 g/mol. The van der Waals surface area contributed by atoms with E-state index in [1.54, 1.807) is 20.5 Å². The van der Waals surface area contributed by atoms with Crippen LogP contribution >= 0.6 is 11.8 Å². The molecule has 37 heavy (non-hydrogen) atoms. The van der Waals surface area contributed by atoms with Crippen molar-refractivity contribution >= 4 is 29.4 Å². The second-order valence-corrected chi connectivity index (χ2v) is 8.93. The van der Waals surface area contributed by atoms with E-state index in [1.165, 1.54) is 17.3 Å². The SMILES string of the molecule is COc1ccc(CCCNCCCNC(=O)C/C=C/c2ccc(N/C(=C/[N+](=O)[O-])SC)cc2)cc1OC. The van der Waals surface area contributed by atoms with Crippen molar-refractivity contribution in [3.05, 3.63) is 81.0 Å². The van der Waals surface area contributed by atoms with Gasteiger partial charge in [0, 0.05) is 18.7 Å². The van der Waals surface area contributed by atoms with Crippen LogP contribution < -0.4 is 25.4 Å². The second-order valence-electron chi connectivity index (χ2n) is 8.08. The van der Waals surface area contributed by atoms with Crippen molar-refractivity contribution in [1.82, 2.24) is 10.6 Å². The third-order valence-corrected chi connectivity index (χ3v) is 6.00. The summed E-state index contributed by atoms with van der Waals surface area (Å²) in [4.78, 5) is 22.2. The molecule has 0 saturated carbocycles. The molecule has 2 aromatic carbocycles. The summed E-state index contributed by atoms with van der Waals surface area (Å²) in [6.45, 7) is 2.38. The molecule has 10 heteroatoms. The molecule has 9 nitrogen and oxygen atoms in total. The van der Waals surface area contributed by atoms with Crippen molar-refractivity contribution in [2.75, 3.05) is 45.4 Å². The molecule has 200 valence electrons. The minimum atomic E-state index is -0.485. The number of methoxy groups -OCH3 is 2. The first-order valence-electron chi connectivity index (χ1n) is 12.1. The molecular weight excluding hydrogens is 492 g/mol. The molecule has 0 radical (unpaired) electrons. The van der Waals surface area contributed by atoms with Gasteiger partial charge in [0.15, 0.2) is 11.5 Å². The van der Waals surface area contributed by atoms with Gasteiger partial charge < -0.3 is 25.4 Å². The lowest BCUT2D eigenvalue weighted by Crippen LogP contribution is -2.27. The quantitative estimate of drug-likeness (QED) is 0.154. The highest BCUT2D eigenvalue weighted by molar-refractivity contribution is 8.02. The highest BCUT2D eigenvalue weighted by Crippen LogP contribution is 2.27. The first-order valence-corrected chi connectivity index (χ1v) is 13.3. The number of benzene rings is 2. The van der Waals surface area contributed by atoms with Gasteiger partial charge in [0.1, 0.15) is 5.03 Å². The smallest absolute Gasteiger partial charge is 0.264 e. The van der Waals surface area contributed by atoms with Crippen LogP contribution in [0.2, 0.25) is 0 Å². The van der Waals surface area contributed by atoms with E-state index in [9.17, 15) is 14.9 Å². The zero-order valence-corrected chi connectivity index (χ0v) is 22.4. The molecule has 0 aliphatic carbocycles. The van der Waals surface area contributed by atoms with Crippen molar-refractivity contribution in [3.63, 3.8) is 0 Å². The summed E-state index contributed by atoms with van der Waals surface area (Å²) in [5.41, 5.74) is 2.91. The van der Waals surface area contributed by atoms with Crippen LogP contribution in [0, 0.1) is 10.1 Å². The van der Waals surface area contributed by atoms with Crippen LogP contribution in [0.5, 0.6) is 11.5 Å². The number of hydrogen-bond acceptors (Lipinski definition) is 8. The van der Waals surface area contributed by atoms with Crippen LogP contribution in [-0.4, -0.2) is 50.9 Å². The Kier molecular flexibility index (Phi) is 13.7. The molecule has 0 spiro atoms. The maximum absolute atomic E-state index is 12.0. The number of hydrogen-bond donors (Lipinski definition) is 3. The third kappa shape index (κ3) is 11.9. The summed E-state index contributed by atoms with van der Waals surface area (Å²) < 4.78 is 10.6. The summed E-state index contributed by atoms with van der Waals surface area (Å²) in [5.74, 6) is 1.47. The van der Waals surface area contributed by atoms with Crippen LogP contribution in [-0.2, 0) is 11.2 Å². The molecule has 0 bridgehead atoms. The molecule has 0 saturated heterocycles. The fourth-order valence-electron chi connectivity index (χ4n) is 3.45. The van der Waals surface area contributed by atoms with Gasteiger partial charge in [-0.3, -0.25) is 14.9 Å². The molecule has 1 amide bonds. The fourth-order valence-corrected chi connectivity index (χ4v) is 3.86. The van der Waals surface area contributed by atoms with Crippen molar-refractivity contribution in [2.24, 2.45) is 0 Å². The van der Waals surface area contributed by atoms with E-state index in [0.29, 0.717) is 18.0 Å². The van der Waals surface area contributed by atoms with Gasteiger partial charge in [0.05, 0.1) is 19.1 Å². The number of carbonyl (C=O) groups is 1. The molecule has 0 fully saturated rings. The highest BCUT2D eigenvalue weighted by atomic mass is 32.2. The number of ether oxygens (including phenoxy) is 2. The number of nitro groups is 1. The number of thioether (sulfide) groups is 1. The first-order chi connectivity index (χ1) is 17.9. The molecule has 0 heterocycles. The molecule has 0 unspecified atom stereocenters. The number of carbonyl (C=O) groups excluding carboxylic acids is 1. The molecule has 0 aliphatic rings. The minimum absolute atomic E-state index is 0.0162. The summed E-state index contributed by atoms with van der Waals surface area (Å²) in [6.07, 6.45) is 9.55. The number of nitrogens with one attached hydrogen (secondary N) is 3. The summed E-state index contributed by atoms with van der Waals surface area (Å²) in [6, 6.07) is 13.4. The predicted octanol–water partition coefficient (Wildman–Crippen LogP) is 4.69. The maximum Gasteiger partial charge on any atom is 0.264 e. The normalized spacial score (nSPS) is 11.4. The molecule has 0 atom stereocenters. The Hall–Kier alpha value is -3.50. The number of anilines is 1. The third-order valence-electron chi connectivity index (χ3n) is 5.35. The maximum atomic E-state index is 12.0. The molecule has 2 aromatic rings. The van der Waals surface area contributed by atoms with Gasteiger partial charge >= 0.3 is 0 Å². The Bertz CT molecular complexity index is 1060. The van der Waals surface area contributed by atoms with Gasteiger partial charge in [0.25, 0.3) is 6.20 Å². The van der Waals surface area contributed by atoms with Crippen LogP contribution in [0.25, 0.3) is 6.08 Å². The minimum Gasteiger partial charge on any atom is -0.493 e. The predicted molar refractivity (Wildman–Crippen MR) is 151 cm³/mol. The Morgan fingerprint density at radius 2 is 1.76 bits per heavy atom. The Balaban J connectivity index is 1.56. The summed E-state index contributed by atoms with van der Waals surface area (Å²) >= 11 is 1.27. The van der Waals surface area contributed by atoms with Crippen molar-refractivity contribution in [3.8, 4) is 11.5 Å². The lowest BCUT2D eigenvalue weighted by molar-refractivity contribution is -0.402. The van der Waals surface area contributed by atoms with Gasteiger partial charge in [-0.05, 0) is 74.0 Å². The van der Waals surface area contributed by atoms with E-state index in [4.69, 9.17) is 9.47 Å². The van der Waals surface area contributed by atoms with Gasteiger partial charge in [-0.1, -0.05) is 30.4 Å². The summed E-state index contributed by atoms with van der Waals surface area (Å²) in [7, 11) is 3.27. The zero-order chi connectivity index (χ0) is 26.9. The largest absolute Gasteiger partial charge is 0.493 e. The van der Waals surface area contributed by atoms with Crippen LogP contribution in [0.1, 0.15) is 30.4 Å². The van der Waals surface area contributed by atoms with Crippen LogP contribution in [0.3, 0.4) is 0 Å². The van der Waals surface area contributed by atoms with Crippen molar-refractivity contribution in [1.29, 1.82) is 0 Å². The lowest BCUT2D eigenvalue weighted by atomic mass is 10.1. The van der Waals surface area contributed by atoms with Crippen LogP contribution in [0.4, 0.5) is 5.69 Å². The van der Waals surface area contributed by atoms with E-state index in [1.807, 2.05) is 48.6 Å². The van der Waals surface area contributed by atoms with E-state index in [2.05, 4.69) is 22.0 Å². The van der Waals surface area contributed by atoms with Gasteiger partial charge in [-0.15, -0.1) is 11.8 Å². The fraction of sp³-hybridized carbons (Fsp3) is 0.370. The van der Waals surface area contributed by atoms with E-state index in [-0.39, 0.29) is 5.91 Å². The Labute approximate surface area is 222 Å². The molecule has 3 N–H and O–H groups in total. The standard InChI is InChI=1S/C27H36N4O5S/c1-35-24-15-12-22(19-25(24)36-2)8-5-16-28-17-6-18-29-26(32)9-4-7-21-10-13-23(14-11-21)30-27(37-3)20-31(33)34/h4,7,10-15,19-20,28,30H,5-6,8-9,16-18H2,1-3H3,(H,29,32)/b7-4+,27-20-. The van der Waals surface area contributed by atoms with Crippen molar-refractivity contribution < 1.29 is 19.2 Å². The average Bonchev–Trinajstić information content (AvgIpc) is 2.90. The van der Waals surface area contributed by atoms with Crippen molar-refractivity contribution in [2.45, 2.75) is 25.7 Å². The molecule has 0 aliphatic heterocycles. The Morgan fingerprint density at radius 1 is 1.03 bits per heavy atom. The van der Waals surface area contributed by atoms with Gasteiger partial charge in [-0.25, -0.2) is 0 Å². The number of aryl methyl sites for hydroxylation is 1.